The number of halogens is 3. The highest BCUT2D eigenvalue weighted by Crippen LogP contribution is 2.37. The predicted molar refractivity (Wildman–Crippen MR) is 147 cm³/mol. The van der Waals surface area contributed by atoms with Crippen LogP contribution in [0.1, 0.15) is 39.9 Å². The number of hydrogen-bond acceptors (Lipinski definition) is 6. The van der Waals surface area contributed by atoms with Crippen LogP contribution in [-0.2, 0) is 9.53 Å². The first kappa shape index (κ1) is 29.2. The van der Waals surface area contributed by atoms with Crippen molar-refractivity contribution in [1.82, 2.24) is 9.88 Å². The zero-order valence-electron chi connectivity index (χ0n) is 23.0. The lowest BCUT2D eigenvalue weighted by molar-refractivity contribution is -0.274. The molecule has 42 heavy (non-hydrogen) atoms. The molecule has 2 amide bonds. The van der Waals surface area contributed by atoms with Gasteiger partial charge in [0.25, 0.3) is 11.5 Å². The standard InChI is InChI=1S/C30H30F3N3O6/c1-18-11-13-35(21-12-14-41-17-21)29(39)26(18)36-16-25(19-3-7-22(40-2)8-4-19)24(28(36)38)15-34-27(37)20-5-9-23(10-6-20)42-30(31,32)33/h3-11,13,21,24-25H,12,14-17H2,1-2H3,(H,34,37)/t21?,24?,25-/m0/s1. The Kier molecular flexibility index (Phi) is 8.26. The molecule has 0 saturated carbocycles. The van der Waals surface area contributed by atoms with Crippen LogP contribution < -0.4 is 25.2 Å². The summed E-state index contributed by atoms with van der Waals surface area (Å²) in [6.07, 6.45) is -2.42. The molecule has 1 aromatic heterocycles. The van der Waals surface area contributed by atoms with Gasteiger partial charge in [-0.1, -0.05) is 12.1 Å². The first-order chi connectivity index (χ1) is 20.1. The maximum atomic E-state index is 13.9. The van der Waals surface area contributed by atoms with E-state index < -0.39 is 23.9 Å². The van der Waals surface area contributed by atoms with E-state index >= 15 is 0 Å². The van der Waals surface area contributed by atoms with E-state index in [1.807, 2.05) is 18.2 Å². The van der Waals surface area contributed by atoms with E-state index in [1.54, 1.807) is 36.9 Å². The number of carbonyl (C=O) groups excluding carboxylic acids is 2. The van der Waals surface area contributed by atoms with Gasteiger partial charge in [-0.05, 0) is 66.9 Å². The van der Waals surface area contributed by atoms with Crippen molar-refractivity contribution in [2.75, 3.05) is 38.3 Å². The predicted octanol–water partition coefficient (Wildman–Crippen LogP) is 4.20. The van der Waals surface area contributed by atoms with Crippen molar-refractivity contribution in [1.29, 1.82) is 0 Å². The lowest BCUT2D eigenvalue weighted by Crippen LogP contribution is -2.38. The molecule has 0 spiro atoms. The molecule has 1 N–H and O–H groups in total. The van der Waals surface area contributed by atoms with Crippen molar-refractivity contribution in [3.8, 4) is 11.5 Å². The molecule has 2 unspecified atom stereocenters. The van der Waals surface area contributed by atoms with Crippen LogP contribution >= 0.6 is 0 Å². The van der Waals surface area contributed by atoms with E-state index in [9.17, 15) is 27.6 Å². The zero-order chi connectivity index (χ0) is 30.0. The number of aromatic nitrogens is 1. The highest BCUT2D eigenvalue weighted by Gasteiger charge is 2.43. The fourth-order valence-corrected chi connectivity index (χ4v) is 5.51. The summed E-state index contributed by atoms with van der Waals surface area (Å²) in [6.45, 7) is 2.92. The number of nitrogens with zero attached hydrogens (tertiary/aromatic N) is 2. The van der Waals surface area contributed by atoms with E-state index in [0.29, 0.717) is 36.6 Å². The molecule has 0 radical (unpaired) electrons. The second kappa shape index (κ2) is 11.9. The van der Waals surface area contributed by atoms with Gasteiger partial charge in [-0.15, -0.1) is 13.2 Å². The number of nitrogens with one attached hydrogen (secondary N) is 1. The zero-order valence-corrected chi connectivity index (χ0v) is 23.0. The number of pyridine rings is 1. The minimum Gasteiger partial charge on any atom is -0.497 e. The Bertz CT molecular complexity index is 1500. The lowest BCUT2D eigenvalue weighted by Gasteiger charge is -2.21. The summed E-state index contributed by atoms with van der Waals surface area (Å²) in [5.41, 5.74) is 1.61. The van der Waals surface area contributed by atoms with Crippen LogP contribution in [0.4, 0.5) is 18.9 Å². The number of anilines is 1. The van der Waals surface area contributed by atoms with Gasteiger partial charge in [0.1, 0.15) is 17.2 Å². The Morgan fingerprint density at radius 3 is 2.36 bits per heavy atom. The molecular formula is C30H30F3N3O6. The Morgan fingerprint density at radius 1 is 1.05 bits per heavy atom. The van der Waals surface area contributed by atoms with Gasteiger partial charge in [0.2, 0.25) is 5.91 Å². The monoisotopic (exact) mass is 585 g/mol. The van der Waals surface area contributed by atoms with Gasteiger partial charge >= 0.3 is 6.36 Å². The number of amides is 2. The summed E-state index contributed by atoms with van der Waals surface area (Å²) >= 11 is 0. The maximum absolute atomic E-state index is 13.9. The normalized spacial score (nSPS) is 20.5. The Labute approximate surface area is 239 Å². The second-order valence-electron chi connectivity index (χ2n) is 10.3. The van der Waals surface area contributed by atoms with Crippen molar-refractivity contribution in [3.05, 3.63) is 87.8 Å². The smallest absolute Gasteiger partial charge is 0.497 e. The van der Waals surface area contributed by atoms with Crippen LogP contribution in [0.15, 0.2) is 65.6 Å². The molecule has 12 heteroatoms. The molecule has 0 aliphatic carbocycles. The fraction of sp³-hybridized carbons (Fsp3) is 0.367. The molecule has 2 saturated heterocycles. The number of ether oxygens (including phenoxy) is 3. The Hall–Kier alpha value is -4.32. The van der Waals surface area contributed by atoms with Gasteiger partial charge in [-0.25, -0.2) is 0 Å². The molecule has 2 aliphatic rings. The van der Waals surface area contributed by atoms with Gasteiger partial charge in [0.05, 0.1) is 25.7 Å². The number of benzene rings is 2. The first-order valence-electron chi connectivity index (χ1n) is 13.4. The number of hydrogen-bond donors (Lipinski definition) is 1. The molecule has 2 aromatic carbocycles. The molecule has 222 valence electrons. The van der Waals surface area contributed by atoms with E-state index in [2.05, 4.69) is 10.1 Å². The number of carbonyl (C=O) groups is 2. The van der Waals surface area contributed by atoms with Gasteiger partial charge < -0.3 is 29.0 Å². The number of alkyl halides is 3. The molecule has 3 heterocycles. The van der Waals surface area contributed by atoms with Gasteiger partial charge in [0, 0.05) is 37.4 Å². The second-order valence-corrected chi connectivity index (χ2v) is 10.3. The molecule has 2 fully saturated rings. The van der Waals surface area contributed by atoms with Crippen LogP contribution in [0.2, 0.25) is 0 Å². The van der Waals surface area contributed by atoms with Gasteiger partial charge in [0.15, 0.2) is 0 Å². The van der Waals surface area contributed by atoms with E-state index in [4.69, 9.17) is 9.47 Å². The average molecular weight is 586 g/mol. The third-order valence-electron chi connectivity index (χ3n) is 7.69. The summed E-state index contributed by atoms with van der Waals surface area (Å²) in [4.78, 5) is 42.0. The van der Waals surface area contributed by atoms with E-state index in [0.717, 1.165) is 17.7 Å². The number of rotatable bonds is 8. The van der Waals surface area contributed by atoms with Crippen molar-refractivity contribution in [2.45, 2.75) is 31.7 Å². The third-order valence-corrected chi connectivity index (χ3v) is 7.69. The van der Waals surface area contributed by atoms with Crippen LogP contribution in [0, 0.1) is 12.8 Å². The SMILES string of the molecule is COc1ccc([C@@H]2CN(c3c(C)ccn(C4CCOC4)c3=O)C(=O)C2CNC(=O)c2ccc(OC(F)(F)F)cc2)cc1. The minimum atomic E-state index is -4.85. The summed E-state index contributed by atoms with van der Waals surface area (Å²) < 4.78 is 53.7. The number of methoxy groups -OCH3 is 1. The molecule has 0 bridgehead atoms. The Balaban J connectivity index is 1.41. The third kappa shape index (κ3) is 6.13. The summed E-state index contributed by atoms with van der Waals surface area (Å²) in [5.74, 6) is -1.76. The average Bonchev–Trinajstić information content (AvgIpc) is 3.60. The van der Waals surface area contributed by atoms with Gasteiger partial charge in [-0.2, -0.15) is 0 Å². The first-order valence-corrected chi connectivity index (χ1v) is 13.4. The van der Waals surface area contributed by atoms with Crippen molar-refractivity contribution >= 4 is 17.5 Å². The van der Waals surface area contributed by atoms with Crippen molar-refractivity contribution in [2.24, 2.45) is 5.92 Å². The minimum absolute atomic E-state index is 0.0534. The summed E-state index contributed by atoms with van der Waals surface area (Å²) in [5, 5.41) is 2.74. The van der Waals surface area contributed by atoms with Gasteiger partial charge in [-0.3, -0.25) is 14.4 Å². The topological polar surface area (TPSA) is 99.1 Å². The molecule has 5 rings (SSSR count). The summed E-state index contributed by atoms with van der Waals surface area (Å²) in [6, 6.07) is 13.5. The van der Waals surface area contributed by atoms with E-state index in [-0.39, 0.29) is 42.1 Å². The molecule has 3 aromatic rings. The molecule has 3 atom stereocenters. The van der Waals surface area contributed by atoms with E-state index in [1.165, 1.54) is 17.0 Å². The fourth-order valence-electron chi connectivity index (χ4n) is 5.51. The Morgan fingerprint density at radius 2 is 1.74 bits per heavy atom. The molecule has 2 aliphatic heterocycles. The largest absolute Gasteiger partial charge is 0.573 e. The summed E-state index contributed by atoms with van der Waals surface area (Å²) in [7, 11) is 1.55. The molecular weight excluding hydrogens is 555 g/mol. The maximum Gasteiger partial charge on any atom is 0.573 e. The van der Waals surface area contributed by atoms with Crippen LogP contribution in [0.25, 0.3) is 0 Å². The lowest BCUT2D eigenvalue weighted by atomic mass is 9.88. The highest BCUT2D eigenvalue weighted by atomic mass is 19.4. The van der Waals surface area contributed by atoms with Crippen LogP contribution in [0.3, 0.4) is 0 Å². The van der Waals surface area contributed by atoms with Crippen molar-refractivity contribution < 1.29 is 37.0 Å². The van der Waals surface area contributed by atoms with Crippen LogP contribution in [-0.4, -0.2) is 56.2 Å². The highest BCUT2D eigenvalue weighted by molar-refractivity contribution is 6.00. The van der Waals surface area contributed by atoms with Crippen molar-refractivity contribution in [3.63, 3.8) is 0 Å². The number of aryl methyl sites for hydroxylation is 1. The molecule has 9 nitrogen and oxygen atoms in total. The quantitative estimate of drug-likeness (QED) is 0.426. The van der Waals surface area contributed by atoms with Crippen LogP contribution in [0.5, 0.6) is 11.5 Å².